The van der Waals surface area contributed by atoms with E-state index in [2.05, 4.69) is 10.2 Å². The molecule has 0 saturated carbocycles. The number of benzene rings is 1. The van der Waals surface area contributed by atoms with Crippen molar-refractivity contribution in [3.63, 3.8) is 0 Å². The van der Waals surface area contributed by atoms with E-state index in [1.165, 1.54) is 0 Å². The number of carbonyl (C=O) groups excluding carboxylic acids is 1. The van der Waals surface area contributed by atoms with Crippen LogP contribution in [-0.2, 0) is 4.79 Å². The number of amides is 1. The number of aliphatic hydroxyl groups excluding tert-OH is 1. The van der Waals surface area contributed by atoms with Gasteiger partial charge in [0.2, 0.25) is 5.91 Å². The van der Waals surface area contributed by atoms with Crippen LogP contribution in [0.15, 0.2) is 24.3 Å². The number of aryl methyl sites for hydroxylation is 1. The Labute approximate surface area is 132 Å². The minimum Gasteiger partial charge on any atom is -0.492 e. The molecule has 0 bridgehead atoms. The second kappa shape index (κ2) is 8.76. The lowest BCUT2D eigenvalue weighted by Gasteiger charge is -2.31. The van der Waals surface area contributed by atoms with Crippen molar-refractivity contribution in [2.24, 2.45) is 5.92 Å². The summed E-state index contributed by atoms with van der Waals surface area (Å²) in [4.78, 5) is 14.0. The summed E-state index contributed by atoms with van der Waals surface area (Å²) in [7, 11) is 0. The first kappa shape index (κ1) is 16.8. The van der Waals surface area contributed by atoms with Gasteiger partial charge in [0.05, 0.1) is 13.1 Å². The van der Waals surface area contributed by atoms with E-state index in [4.69, 9.17) is 4.74 Å². The van der Waals surface area contributed by atoms with Crippen LogP contribution >= 0.6 is 0 Å². The molecule has 0 aliphatic carbocycles. The van der Waals surface area contributed by atoms with Gasteiger partial charge in [0.15, 0.2) is 0 Å². The molecule has 122 valence electrons. The van der Waals surface area contributed by atoms with Crippen molar-refractivity contribution in [2.75, 3.05) is 39.4 Å². The molecule has 5 nitrogen and oxygen atoms in total. The van der Waals surface area contributed by atoms with Gasteiger partial charge in [0.25, 0.3) is 0 Å². The molecule has 2 rings (SSSR count). The molecule has 2 N–H and O–H groups in total. The second-order valence-corrected chi connectivity index (χ2v) is 5.94. The Balaban J connectivity index is 1.61. The molecule has 1 aromatic carbocycles. The summed E-state index contributed by atoms with van der Waals surface area (Å²) in [5.41, 5.74) is 1.16. The molecule has 1 unspecified atom stereocenters. The Bertz CT molecular complexity index is 479. The van der Waals surface area contributed by atoms with Gasteiger partial charge in [-0.3, -0.25) is 9.69 Å². The quantitative estimate of drug-likeness (QED) is 0.743. The molecule has 1 aliphatic rings. The fourth-order valence-corrected chi connectivity index (χ4v) is 2.77. The van der Waals surface area contributed by atoms with E-state index in [1.807, 2.05) is 31.2 Å². The molecular formula is C17H26N2O3. The van der Waals surface area contributed by atoms with Gasteiger partial charge in [-0.25, -0.2) is 0 Å². The Morgan fingerprint density at radius 3 is 3.14 bits per heavy atom. The highest BCUT2D eigenvalue weighted by atomic mass is 16.5. The summed E-state index contributed by atoms with van der Waals surface area (Å²) in [5, 5.41) is 12.1. The maximum absolute atomic E-state index is 11.9. The predicted molar refractivity (Wildman–Crippen MR) is 85.9 cm³/mol. The average molecular weight is 306 g/mol. The largest absolute Gasteiger partial charge is 0.492 e. The van der Waals surface area contributed by atoms with Gasteiger partial charge < -0.3 is 15.2 Å². The van der Waals surface area contributed by atoms with E-state index in [0.29, 0.717) is 25.6 Å². The van der Waals surface area contributed by atoms with Crippen LogP contribution in [0.2, 0.25) is 0 Å². The van der Waals surface area contributed by atoms with E-state index in [1.54, 1.807) is 0 Å². The van der Waals surface area contributed by atoms with Crippen LogP contribution in [0.3, 0.4) is 0 Å². The lowest BCUT2D eigenvalue weighted by Crippen LogP contribution is -2.43. The van der Waals surface area contributed by atoms with Gasteiger partial charge in [0, 0.05) is 13.2 Å². The van der Waals surface area contributed by atoms with E-state index in [9.17, 15) is 9.90 Å². The third-order valence-corrected chi connectivity index (χ3v) is 3.91. The molecule has 1 saturated heterocycles. The normalized spacial score (nSPS) is 18.9. The van der Waals surface area contributed by atoms with Crippen LogP contribution in [0.4, 0.5) is 0 Å². The number of hydrogen-bond donors (Lipinski definition) is 2. The van der Waals surface area contributed by atoms with Crippen molar-refractivity contribution in [1.29, 1.82) is 0 Å². The molecule has 1 heterocycles. The first-order chi connectivity index (χ1) is 10.7. The molecule has 1 amide bonds. The number of ether oxygens (including phenoxy) is 1. The van der Waals surface area contributed by atoms with Crippen LogP contribution in [-0.4, -0.2) is 55.3 Å². The molecule has 5 heteroatoms. The van der Waals surface area contributed by atoms with Crippen LogP contribution in [0, 0.1) is 12.8 Å². The monoisotopic (exact) mass is 306 g/mol. The van der Waals surface area contributed by atoms with Gasteiger partial charge in [0.1, 0.15) is 12.4 Å². The van der Waals surface area contributed by atoms with Gasteiger partial charge in [-0.15, -0.1) is 0 Å². The highest BCUT2D eigenvalue weighted by Crippen LogP contribution is 2.15. The Kier molecular flexibility index (Phi) is 6.68. The van der Waals surface area contributed by atoms with Crippen LogP contribution in [0.25, 0.3) is 0 Å². The highest BCUT2D eigenvalue weighted by molar-refractivity contribution is 5.78. The molecule has 0 spiro atoms. The fraction of sp³-hybridized carbons (Fsp3) is 0.588. The number of nitrogens with one attached hydrogen (secondary N) is 1. The van der Waals surface area contributed by atoms with E-state index in [-0.39, 0.29) is 12.5 Å². The van der Waals surface area contributed by atoms with Gasteiger partial charge in [-0.2, -0.15) is 0 Å². The van der Waals surface area contributed by atoms with Crippen molar-refractivity contribution in [2.45, 2.75) is 19.8 Å². The Morgan fingerprint density at radius 2 is 2.36 bits per heavy atom. The minimum atomic E-state index is 0.0198. The lowest BCUT2D eigenvalue weighted by atomic mass is 9.99. The first-order valence-electron chi connectivity index (χ1n) is 7.97. The van der Waals surface area contributed by atoms with E-state index >= 15 is 0 Å². The minimum absolute atomic E-state index is 0.0198. The molecule has 1 atom stereocenters. The van der Waals surface area contributed by atoms with Crippen molar-refractivity contribution in [3.8, 4) is 5.75 Å². The number of likely N-dealkylation sites (tertiary alicyclic amines) is 1. The maximum Gasteiger partial charge on any atom is 0.234 e. The summed E-state index contributed by atoms with van der Waals surface area (Å²) >= 11 is 0. The third kappa shape index (κ3) is 5.66. The summed E-state index contributed by atoms with van der Waals surface area (Å²) < 4.78 is 5.60. The summed E-state index contributed by atoms with van der Waals surface area (Å²) in [5.74, 6) is 1.16. The van der Waals surface area contributed by atoms with Crippen molar-refractivity contribution < 1.29 is 14.6 Å². The zero-order valence-corrected chi connectivity index (χ0v) is 13.3. The molecule has 22 heavy (non-hydrogen) atoms. The average Bonchev–Trinajstić information content (AvgIpc) is 2.52. The topological polar surface area (TPSA) is 61.8 Å². The molecule has 0 radical (unpaired) electrons. The van der Waals surface area contributed by atoms with Crippen LogP contribution in [0.5, 0.6) is 5.75 Å². The second-order valence-electron chi connectivity index (χ2n) is 5.94. The lowest BCUT2D eigenvalue weighted by molar-refractivity contribution is -0.122. The number of carbonyl (C=O) groups is 1. The molecule has 0 aromatic heterocycles. The van der Waals surface area contributed by atoms with Crippen molar-refractivity contribution >= 4 is 5.91 Å². The van der Waals surface area contributed by atoms with Gasteiger partial charge >= 0.3 is 0 Å². The predicted octanol–water partition coefficient (Wildman–Crippen LogP) is 1.19. The number of hydrogen-bond acceptors (Lipinski definition) is 4. The fourth-order valence-electron chi connectivity index (χ4n) is 2.77. The smallest absolute Gasteiger partial charge is 0.234 e. The standard InChI is InChI=1S/C17H26N2O3/c1-14-4-2-6-16(10-14)22-9-7-18-17(21)12-19-8-3-5-15(11-19)13-20/h2,4,6,10,15,20H,3,5,7-9,11-13H2,1H3,(H,18,21). The van der Waals surface area contributed by atoms with Crippen LogP contribution < -0.4 is 10.1 Å². The van der Waals surface area contributed by atoms with Crippen molar-refractivity contribution in [1.82, 2.24) is 10.2 Å². The SMILES string of the molecule is Cc1cccc(OCCNC(=O)CN2CCCC(CO)C2)c1. The molecular weight excluding hydrogens is 280 g/mol. The highest BCUT2D eigenvalue weighted by Gasteiger charge is 2.20. The molecule has 1 aromatic rings. The van der Waals surface area contributed by atoms with Crippen LogP contribution in [0.1, 0.15) is 18.4 Å². The zero-order valence-electron chi connectivity index (χ0n) is 13.3. The summed E-state index contributed by atoms with van der Waals surface area (Å²) in [6.45, 7) is 5.35. The number of aliphatic hydroxyl groups is 1. The van der Waals surface area contributed by atoms with E-state index < -0.39 is 0 Å². The number of rotatable bonds is 7. The van der Waals surface area contributed by atoms with Crippen molar-refractivity contribution in [3.05, 3.63) is 29.8 Å². The van der Waals surface area contributed by atoms with Gasteiger partial charge in [-0.1, -0.05) is 12.1 Å². The molecule has 1 aliphatic heterocycles. The summed E-state index contributed by atoms with van der Waals surface area (Å²) in [6, 6.07) is 7.87. The number of piperidine rings is 1. The van der Waals surface area contributed by atoms with E-state index in [0.717, 1.165) is 37.2 Å². The number of nitrogens with zero attached hydrogens (tertiary/aromatic N) is 1. The van der Waals surface area contributed by atoms with Gasteiger partial charge in [-0.05, 0) is 49.9 Å². The third-order valence-electron chi connectivity index (χ3n) is 3.91. The first-order valence-corrected chi connectivity index (χ1v) is 7.97. The maximum atomic E-state index is 11.9. The summed E-state index contributed by atoms with van der Waals surface area (Å²) in [6.07, 6.45) is 2.11. The molecule has 1 fully saturated rings. The zero-order chi connectivity index (χ0) is 15.8. The Hall–Kier alpha value is -1.59. The Morgan fingerprint density at radius 1 is 1.50 bits per heavy atom.